The number of nitrogens with zero attached hydrogens (tertiary/aromatic N) is 2. The van der Waals surface area contributed by atoms with Crippen LogP contribution in [0.3, 0.4) is 0 Å². The molecule has 1 aliphatic carbocycles. The molecule has 2 aliphatic heterocycles. The van der Waals surface area contributed by atoms with Gasteiger partial charge in [-0.05, 0) is 43.1 Å². The van der Waals surface area contributed by atoms with E-state index in [1.54, 1.807) is 0 Å². The molecule has 0 N–H and O–H groups in total. The second-order valence-electron chi connectivity index (χ2n) is 8.33. The third-order valence-corrected chi connectivity index (χ3v) is 6.43. The number of fused-ring (bicyclic) bond motifs is 2. The summed E-state index contributed by atoms with van der Waals surface area (Å²) >= 11 is 0. The SMILES string of the molecule is CN1C2=CC=C(OCCN3CCCCC3)[C+]=C2C(c2ccccc2)c2ccccc21.Cl.[Cl-]. The van der Waals surface area contributed by atoms with Gasteiger partial charge in [0.25, 0.3) is 5.76 Å². The highest BCUT2D eigenvalue weighted by molar-refractivity contribution is 5.85. The van der Waals surface area contributed by atoms with Crippen LogP contribution < -0.4 is 17.3 Å². The van der Waals surface area contributed by atoms with Crippen molar-refractivity contribution in [2.75, 3.05) is 38.2 Å². The molecule has 5 rings (SSSR count). The molecule has 3 aliphatic rings. The maximum absolute atomic E-state index is 6.17. The average Bonchev–Trinajstić information content (AvgIpc) is 2.81. The van der Waals surface area contributed by atoms with Crippen molar-refractivity contribution in [2.24, 2.45) is 0 Å². The normalized spacial score (nSPS) is 19.6. The topological polar surface area (TPSA) is 15.7 Å². The number of hydrogen-bond donors (Lipinski definition) is 0. The van der Waals surface area contributed by atoms with E-state index in [4.69, 9.17) is 4.74 Å². The molecule has 2 aromatic rings. The van der Waals surface area contributed by atoms with Crippen LogP contribution in [0.25, 0.3) is 0 Å². The molecule has 0 saturated carbocycles. The first-order valence-corrected chi connectivity index (χ1v) is 11.1. The molecule has 0 aromatic heterocycles. The van der Waals surface area contributed by atoms with Crippen LogP contribution in [0, 0.1) is 6.08 Å². The molecule has 5 heteroatoms. The summed E-state index contributed by atoms with van der Waals surface area (Å²) < 4.78 is 6.17. The lowest BCUT2D eigenvalue weighted by atomic mass is 9.78. The summed E-state index contributed by atoms with van der Waals surface area (Å²) in [6.45, 7) is 4.12. The smallest absolute Gasteiger partial charge is 0.289 e. The number of anilines is 1. The molecular weight excluding hydrogens is 439 g/mol. The molecule has 168 valence electrons. The molecular formula is C27H30Cl2N2O. The summed E-state index contributed by atoms with van der Waals surface area (Å²) in [5, 5.41) is 0. The van der Waals surface area contributed by atoms with Crippen molar-refractivity contribution in [3.8, 4) is 0 Å². The van der Waals surface area contributed by atoms with E-state index in [0.29, 0.717) is 0 Å². The number of likely N-dealkylation sites (tertiary alicyclic amines) is 1. The molecule has 3 nitrogen and oxygen atoms in total. The number of halogens is 2. The maximum atomic E-state index is 6.17. The fraction of sp³-hybridized carbons (Fsp3) is 0.333. The lowest BCUT2D eigenvalue weighted by Crippen LogP contribution is -3.00. The van der Waals surface area contributed by atoms with Crippen molar-refractivity contribution >= 4 is 18.1 Å². The summed E-state index contributed by atoms with van der Waals surface area (Å²) in [6, 6.07) is 19.4. The largest absolute Gasteiger partial charge is 1.00 e. The first-order chi connectivity index (χ1) is 14.8. The molecule has 1 fully saturated rings. The zero-order valence-electron chi connectivity index (χ0n) is 18.5. The Bertz CT molecular complexity index is 994. The predicted molar refractivity (Wildman–Crippen MR) is 130 cm³/mol. The zero-order chi connectivity index (χ0) is 20.3. The highest BCUT2D eigenvalue weighted by Gasteiger charge is 2.40. The van der Waals surface area contributed by atoms with Crippen LogP contribution in [0.15, 0.2) is 83.8 Å². The van der Waals surface area contributed by atoms with Crippen LogP contribution in [-0.2, 0) is 4.74 Å². The molecule has 2 aromatic carbocycles. The van der Waals surface area contributed by atoms with Crippen molar-refractivity contribution < 1.29 is 17.1 Å². The standard InChI is InChI=1S/C27H29N2O.2ClH/c1-28-25-13-7-6-12-23(25)27(21-10-4-2-5-11-21)24-20-22(14-15-26(24)28)30-19-18-29-16-8-3-9-17-29;;/h2,4-7,10-15,27H,3,8-9,16-19H2,1H3;2*1H/q+1;;/p-1. The first kappa shape index (κ1) is 24.4. The molecule has 0 amide bonds. The van der Waals surface area contributed by atoms with Gasteiger partial charge in [0, 0.05) is 13.6 Å². The van der Waals surface area contributed by atoms with Gasteiger partial charge in [0.2, 0.25) is 0 Å². The van der Waals surface area contributed by atoms with E-state index in [2.05, 4.69) is 89.7 Å². The van der Waals surface area contributed by atoms with Crippen molar-refractivity contribution in [3.63, 3.8) is 0 Å². The predicted octanol–water partition coefficient (Wildman–Crippen LogP) is 2.71. The number of benzene rings is 2. The van der Waals surface area contributed by atoms with Crippen LogP contribution in [0.4, 0.5) is 5.69 Å². The number of likely N-dealkylation sites (N-methyl/N-ethyl adjacent to an activating group) is 1. The Kier molecular flexibility index (Phi) is 8.39. The molecule has 0 bridgehead atoms. The van der Waals surface area contributed by atoms with Gasteiger partial charge in [-0.3, -0.25) is 9.80 Å². The summed E-state index contributed by atoms with van der Waals surface area (Å²) in [4.78, 5) is 4.79. The second kappa shape index (κ2) is 11.0. The van der Waals surface area contributed by atoms with Crippen LogP contribution in [-0.4, -0.2) is 38.2 Å². The third kappa shape index (κ3) is 4.87. The van der Waals surface area contributed by atoms with Gasteiger partial charge < -0.3 is 17.1 Å². The number of hydrogen-bond acceptors (Lipinski definition) is 3. The van der Waals surface area contributed by atoms with Gasteiger partial charge in [0.15, 0.2) is 11.3 Å². The van der Waals surface area contributed by atoms with Crippen molar-refractivity contribution in [2.45, 2.75) is 25.2 Å². The lowest BCUT2D eigenvalue weighted by molar-refractivity contribution is -0.00000684. The number of allylic oxidation sites excluding steroid dienone is 4. The second-order valence-corrected chi connectivity index (χ2v) is 8.33. The van der Waals surface area contributed by atoms with E-state index in [1.165, 1.54) is 60.4 Å². The Morgan fingerprint density at radius 3 is 2.44 bits per heavy atom. The number of ether oxygens (including phenoxy) is 1. The van der Waals surface area contributed by atoms with Crippen molar-refractivity contribution in [3.05, 3.63) is 101 Å². The van der Waals surface area contributed by atoms with Crippen LogP contribution >= 0.6 is 12.4 Å². The van der Waals surface area contributed by atoms with Gasteiger partial charge in [-0.1, -0.05) is 55.0 Å². The number of para-hydroxylation sites is 1. The summed E-state index contributed by atoms with van der Waals surface area (Å²) in [5.74, 6) is 1.01. The van der Waals surface area contributed by atoms with Gasteiger partial charge in [0.1, 0.15) is 6.61 Å². The minimum absolute atomic E-state index is 0. The van der Waals surface area contributed by atoms with Gasteiger partial charge in [0.05, 0.1) is 29.8 Å². The minimum Gasteiger partial charge on any atom is -1.00 e. The Labute approximate surface area is 204 Å². The Balaban J connectivity index is 0.00000144. The van der Waals surface area contributed by atoms with Crippen molar-refractivity contribution in [1.29, 1.82) is 0 Å². The Hall–Kier alpha value is -2.29. The molecule has 0 spiro atoms. The summed E-state index contributed by atoms with van der Waals surface area (Å²) in [7, 11) is 2.14. The summed E-state index contributed by atoms with van der Waals surface area (Å²) in [6.07, 6.45) is 11.9. The summed E-state index contributed by atoms with van der Waals surface area (Å²) in [5.41, 5.74) is 6.26. The fourth-order valence-electron chi connectivity index (χ4n) is 4.86. The highest BCUT2D eigenvalue weighted by atomic mass is 35.5. The van der Waals surface area contributed by atoms with Crippen LogP contribution in [0.1, 0.15) is 36.3 Å². The van der Waals surface area contributed by atoms with Gasteiger partial charge in [-0.2, -0.15) is 0 Å². The van der Waals surface area contributed by atoms with Gasteiger partial charge in [-0.15, -0.1) is 12.4 Å². The van der Waals surface area contributed by atoms with E-state index < -0.39 is 0 Å². The van der Waals surface area contributed by atoms with Crippen molar-refractivity contribution in [1.82, 2.24) is 4.90 Å². The van der Waals surface area contributed by atoms with E-state index in [1.807, 2.05) is 0 Å². The maximum Gasteiger partial charge on any atom is 0.289 e. The molecule has 32 heavy (non-hydrogen) atoms. The van der Waals surface area contributed by atoms with Crippen LogP contribution in [0.2, 0.25) is 0 Å². The lowest BCUT2D eigenvalue weighted by Gasteiger charge is -2.33. The third-order valence-electron chi connectivity index (χ3n) is 6.43. The number of rotatable bonds is 5. The quantitative estimate of drug-likeness (QED) is 0.627. The van der Waals surface area contributed by atoms with E-state index in [0.717, 1.165) is 18.9 Å². The molecule has 0 radical (unpaired) electrons. The van der Waals surface area contributed by atoms with E-state index >= 15 is 0 Å². The number of piperidine rings is 1. The average molecular weight is 469 g/mol. The zero-order valence-corrected chi connectivity index (χ0v) is 20.0. The first-order valence-electron chi connectivity index (χ1n) is 11.1. The minimum atomic E-state index is 0. The molecule has 1 unspecified atom stereocenters. The van der Waals surface area contributed by atoms with Gasteiger partial charge in [-0.25, -0.2) is 0 Å². The Morgan fingerprint density at radius 2 is 1.66 bits per heavy atom. The molecule has 2 heterocycles. The fourth-order valence-corrected chi connectivity index (χ4v) is 4.86. The van der Waals surface area contributed by atoms with Crippen LogP contribution in [0.5, 0.6) is 0 Å². The monoisotopic (exact) mass is 468 g/mol. The highest BCUT2D eigenvalue weighted by Crippen LogP contribution is 2.47. The molecule has 1 atom stereocenters. The van der Waals surface area contributed by atoms with E-state index in [-0.39, 0.29) is 30.7 Å². The molecule has 1 saturated heterocycles. The Morgan fingerprint density at radius 1 is 0.938 bits per heavy atom. The van der Waals surface area contributed by atoms with Gasteiger partial charge >= 0.3 is 0 Å². The van der Waals surface area contributed by atoms with E-state index in [9.17, 15) is 0 Å².